The van der Waals surface area contributed by atoms with E-state index in [1.807, 2.05) is 13.8 Å². The highest BCUT2D eigenvalue weighted by Crippen LogP contribution is 2.20. The molecule has 0 aliphatic rings. The van der Waals surface area contributed by atoms with Crippen molar-refractivity contribution in [2.75, 3.05) is 11.9 Å². The Kier molecular flexibility index (Phi) is 5.14. The van der Waals surface area contributed by atoms with Crippen LogP contribution in [0.2, 0.25) is 5.15 Å². The second-order valence-electron chi connectivity index (χ2n) is 5.28. The molecule has 0 aromatic carbocycles. The Labute approximate surface area is 117 Å². The number of hydrogen-bond donors (Lipinski definition) is 3. The summed E-state index contributed by atoms with van der Waals surface area (Å²) < 4.78 is 0. The molecule has 1 aromatic heterocycles. The van der Waals surface area contributed by atoms with Crippen LogP contribution in [0.3, 0.4) is 0 Å². The van der Waals surface area contributed by atoms with Crippen LogP contribution in [0.15, 0.2) is 12.1 Å². The van der Waals surface area contributed by atoms with Crippen molar-refractivity contribution in [2.45, 2.75) is 32.8 Å². The van der Waals surface area contributed by atoms with Crippen molar-refractivity contribution in [3.8, 4) is 0 Å². The molecule has 0 fully saturated rings. The monoisotopic (exact) mass is 286 g/mol. The lowest BCUT2D eigenvalue weighted by Gasteiger charge is -2.26. The third-order valence-electron chi connectivity index (χ3n) is 2.58. The van der Waals surface area contributed by atoms with Gasteiger partial charge in [-0.25, -0.2) is 9.78 Å². The van der Waals surface area contributed by atoms with E-state index in [1.54, 1.807) is 6.92 Å². The Hall–Kier alpha value is -1.33. The minimum absolute atomic E-state index is 0.0322. The fourth-order valence-electron chi connectivity index (χ4n) is 1.97. The molecular weight excluding hydrogens is 268 g/mol. The molecule has 0 saturated carbocycles. The Morgan fingerprint density at radius 3 is 2.68 bits per heavy atom. The average Bonchev–Trinajstić information content (AvgIpc) is 2.24. The summed E-state index contributed by atoms with van der Waals surface area (Å²) in [5.74, 6) is -0.581. The zero-order valence-electron chi connectivity index (χ0n) is 11.3. The van der Waals surface area contributed by atoms with Crippen molar-refractivity contribution in [3.63, 3.8) is 0 Å². The highest BCUT2D eigenvalue weighted by Gasteiger charge is 2.23. The van der Waals surface area contributed by atoms with E-state index in [-0.39, 0.29) is 23.1 Å². The number of pyridine rings is 1. The number of hydrogen-bond acceptors (Lipinski definition) is 4. The highest BCUT2D eigenvalue weighted by atomic mass is 35.5. The second kappa shape index (κ2) is 6.21. The standard InChI is InChI=1S/C13H19ClN2O3/c1-8(2)6-13(3,19)7-15-11-9(12(17)18)4-5-10(14)16-11/h4-5,8,19H,6-7H2,1-3H3,(H,15,16)(H,17,18). The molecule has 19 heavy (non-hydrogen) atoms. The smallest absolute Gasteiger partial charge is 0.339 e. The summed E-state index contributed by atoms with van der Waals surface area (Å²) in [4.78, 5) is 15.0. The van der Waals surface area contributed by atoms with E-state index in [1.165, 1.54) is 12.1 Å². The highest BCUT2D eigenvalue weighted by molar-refractivity contribution is 6.29. The van der Waals surface area contributed by atoms with Crippen molar-refractivity contribution in [1.29, 1.82) is 0 Å². The van der Waals surface area contributed by atoms with Gasteiger partial charge in [-0.15, -0.1) is 0 Å². The van der Waals surface area contributed by atoms with E-state index < -0.39 is 11.6 Å². The maximum absolute atomic E-state index is 11.0. The molecule has 0 radical (unpaired) electrons. The lowest BCUT2D eigenvalue weighted by molar-refractivity contribution is 0.0512. The van der Waals surface area contributed by atoms with E-state index >= 15 is 0 Å². The third kappa shape index (κ3) is 5.04. The maximum atomic E-state index is 11.0. The van der Waals surface area contributed by atoms with Gasteiger partial charge in [0, 0.05) is 6.54 Å². The van der Waals surface area contributed by atoms with Gasteiger partial charge in [-0.3, -0.25) is 0 Å². The summed E-state index contributed by atoms with van der Waals surface area (Å²) >= 11 is 5.75. The van der Waals surface area contributed by atoms with Crippen molar-refractivity contribution in [1.82, 2.24) is 4.98 Å². The Morgan fingerprint density at radius 1 is 1.53 bits per heavy atom. The summed E-state index contributed by atoms with van der Waals surface area (Å²) in [5.41, 5.74) is -0.904. The Morgan fingerprint density at radius 2 is 2.16 bits per heavy atom. The maximum Gasteiger partial charge on any atom is 0.339 e. The van der Waals surface area contributed by atoms with Gasteiger partial charge in [-0.2, -0.15) is 0 Å². The number of rotatable bonds is 6. The predicted octanol–water partition coefficient (Wildman–Crippen LogP) is 2.64. The first-order valence-corrected chi connectivity index (χ1v) is 6.45. The van der Waals surface area contributed by atoms with Crippen molar-refractivity contribution < 1.29 is 15.0 Å². The number of anilines is 1. The molecule has 0 spiro atoms. The number of carboxylic acids is 1. The fourth-order valence-corrected chi connectivity index (χ4v) is 2.12. The second-order valence-corrected chi connectivity index (χ2v) is 5.67. The number of halogens is 1. The number of aromatic nitrogens is 1. The van der Waals surface area contributed by atoms with Gasteiger partial charge in [0.15, 0.2) is 0 Å². The van der Waals surface area contributed by atoms with Crippen LogP contribution in [0, 0.1) is 5.92 Å². The quantitative estimate of drug-likeness (QED) is 0.700. The summed E-state index contributed by atoms with van der Waals surface area (Å²) in [6.07, 6.45) is 0.600. The van der Waals surface area contributed by atoms with E-state index in [9.17, 15) is 9.90 Å². The molecule has 0 saturated heterocycles. The van der Waals surface area contributed by atoms with Crippen molar-refractivity contribution >= 4 is 23.4 Å². The molecule has 5 nitrogen and oxygen atoms in total. The lowest BCUT2D eigenvalue weighted by Crippen LogP contribution is -2.35. The minimum Gasteiger partial charge on any atom is -0.478 e. The molecule has 0 amide bonds. The number of carboxylic acid groups (broad SMARTS) is 1. The van der Waals surface area contributed by atoms with E-state index in [2.05, 4.69) is 10.3 Å². The number of nitrogens with one attached hydrogen (secondary N) is 1. The molecular formula is C13H19ClN2O3. The zero-order chi connectivity index (χ0) is 14.6. The first-order valence-electron chi connectivity index (χ1n) is 6.07. The summed E-state index contributed by atoms with van der Waals surface area (Å²) in [7, 11) is 0. The van der Waals surface area contributed by atoms with Gasteiger partial charge >= 0.3 is 5.97 Å². The average molecular weight is 287 g/mol. The molecule has 0 aliphatic carbocycles. The molecule has 1 aromatic rings. The van der Waals surface area contributed by atoms with Crippen LogP contribution in [-0.2, 0) is 0 Å². The van der Waals surface area contributed by atoms with Crippen LogP contribution in [0.4, 0.5) is 5.82 Å². The summed E-state index contributed by atoms with van der Waals surface area (Å²) in [5, 5.41) is 22.3. The van der Waals surface area contributed by atoms with Gasteiger partial charge in [-0.1, -0.05) is 25.4 Å². The minimum atomic E-state index is -1.09. The van der Waals surface area contributed by atoms with Crippen LogP contribution in [-0.4, -0.2) is 33.3 Å². The summed E-state index contributed by atoms with van der Waals surface area (Å²) in [6, 6.07) is 2.81. The largest absolute Gasteiger partial charge is 0.478 e. The number of aliphatic hydroxyl groups is 1. The molecule has 1 rings (SSSR count). The van der Waals surface area contributed by atoms with Gasteiger partial charge in [-0.05, 0) is 31.4 Å². The summed E-state index contributed by atoms with van der Waals surface area (Å²) in [6.45, 7) is 5.92. The van der Waals surface area contributed by atoms with Gasteiger partial charge in [0.2, 0.25) is 0 Å². The van der Waals surface area contributed by atoms with Crippen LogP contribution >= 0.6 is 11.6 Å². The van der Waals surface area contributed by atoms with Gasteiger partial charge < -0.3 is 15.5 Å². The van der Waals surface area contributed by atoms with Crippen molar-refractivity contribution in [2.24, 2.45) is 5.92 Å². The number of aromatic carboxylic acids is 1. The fraction of sp³-hybridized carbons (Fsp3) is 0.538. The first kappa shape index (κ1) is 15.7. The molecule has 0 aliphatic heterocycles. The topological polar surface area (TPSA) is 82.5 Å². The van der Waals surface area contributed by atoms with Gasteiger partial charge in [0.1, 0.15) is 16.5 Å². The van der Waals surface area contributed by atoms with Crippen LogP contribution in [0.1, 0.15) is 37.6 Å². The molecule has 1 atom stereocenters. The van der Waals surface area contributed by atoms with Crippen LogP contribution < -0.4 is 5.32 Å². The van der Waals surface area contributed by atoms with E-state index in [0.29, 0.717) is 12.3 Å². The van der Waals surface area contributed by atoms with Gasteiger partial charge in [0.25, 0.3) is 0 Å². The van der Waals surface area contributed by atoms with Crippen LogP contribution in [0.5, 0.6) is 0 Å². The van der Waals surface area contributed by atoms with Crippen LogP contribution in [0.25, 0.3) is 0 Å². The SMILES string of the molecule is CC(C)CC(C)(O)CNc1nc(Cl)ccc1C(=O)O. The number of nitrogens with zero attached hydrogens (tertiary/aromatic N) is 1. The van der Waals surface area contributed by atoms with E-state index in [0.717, 1.165) is 0 Å². The number of carbonyl (C=O) groups is 1. The lowest BCUT2D eigenvalue weighted by atomic mass is 9.94. The molecule has 106 valence electrons. The van der Waals surface area contributed by atoms with E-state index in [4.69, 9.17) is 16.7 Å². The third-order valence-corrected chi connectivity index (χ3v) is 2.79. The zero-order valence-corrected chi connectivity index (χ0v) is 12.0. The Bertz CT molecular complexity index is 461. The molecule has 0 bridgehead atoms. The molecule has 1 unspecified atom stereocenters. The molecule has 3 N–H and O–H groups in total. The van der Waals surface area contributed by atoms with Gasteiger partial charge in [0.05, 0.1) is 5.60 Å². The Balaban J connectivity index is 2.82. The predicted molar refractivity (Wildman–Crippen MR) is 74.8 cm³/mol. The first-order chi connectivity index (χ1) is 8.71. The molecule has 1 heterocycles. The normalized spacial score (nSPS) is 14.2. The van der Waals surface area contributed by atoms with Crippen molar-refractivity contribution in [3.05, 3.63) is 22.8 Å². The molecule has 6 heteroatoms.